The summed E-state index contributed by atoms with van der Waals surface area (Å²) in [6.07, 6.45) is 0. The molecule has 3 N–H and O–H groups in total. The Morgan fingerprint density at radius 3 is 2.20 bits per heavy atom. The van der Waals surface area contributed by atoms with Crippen molar-refractivity contribution < 1.29 is 12.8 Å². The van der Waals surface area contributed by atoms with Crippen LogP contribution in [0.2, 0.25) is 10.0 Å². The molecule has 0 aliphatic rings. The molecule has 0 bridgehead atoms. The van der Waals surface area contributed by atoms with Crippen LogP contribution >= 0.6 is 23.2 Å². The Bertz CT molecular complexity index is 979. The van der Waals surface area contributed by atoms with Crippen LogP contribution in [0.15, 0.2) is 63.9 Å². The van der Waals surface area contributed by atoms with E-state index < -0.39 is 10.0 Å². The summed E-state index contributed by atoms with van der Waals surface area (Å²) in [5, 5.41) is 9.29. The fourth-order valence-corrected chi connectivity index (χ4v) is 3.32. The zero-order valence-corrected chi connectivity index (χ0v) is 15.2. The van der Waals surface area contributed by atoms with Crippen molar-refractivity contribution in [3.63, 3.8) is 0 Å². The maximum Gasteiger partial charge on any atom is 0.238 e. The fourth-order valence-electron chi connectivity index (χ4n) is 2.28. The molecule has 2 aromatic carbocycles. The lowest BCUT2D eigenvalue weighted by atomic mass is 10.2. The minimum absolute atomic E-state index is 0.0659. The molecule has 0 aliphatic carbocycles. The summed E-state index contributed by atoms with van der Waals surface area (Å²) < 4.78 is 28.2. The second kappa shape index (κ2) is 7.09. The zero-order valence-electron chi connectivity index (χ0n) is 12.9. The second-order valence-electron chi connectivity index (χ2n) is 5.35. The number of furan rings is 1. The molecule has 0 saturated heterocycles. The number of sulfonamides is 1. The molecule has 0 amide bonds. The summed E-state index contributed by atoms with van der Waals surface area (Å²) >= 11 is 12.0. The fraction of sp³-hybridized carbons (Fsp3) is 0.0588. The predicted octanol–water partition coefficient (Wildman–Crippen LogP) is 4.51. The van der Waals surface area contributed by atoms with E-state index in [4.69, 9.17) is 32.8 Å². The maximum absolute atomic E-state index is 11.2. The molecule has 3 rings (SSSR count). The Balaban J connectivity index is 1.69. The molecule has 1 aromatic heterocycles. The molecule has 8 heteroatoms. The lowest BCUT2D eigenvalue weighted by Crippen LogP contribution is -2.11. The first kappa shape index (κ1) is 17.8. The van der Waals surface area contributed by atoms with E-state index in [1.807, 2.05) is 12.1 Å². The molecule has 0 radical (unpaired) electrons. The number of rotatable bonds is 5. The van der Waals surface area contributed by atoms with Crippen molar-refractivity contribution >= 4 is 38.9 Å². The van der Waals surface area contributed by atoms with E-state index in [-0.39, 0.29) is 4.90 Å². The number of hydrogen-bond donors (Lipinski definition) is 2. The topological polar surface area (TPSA) is 85.3 Å². The van der Waals surface area contributed by atoms with Crippen molar-refractivity contribution in [2.45, 2.75) is 11.4 Å². The average Bonchev–Trinajstić information content (AvgIpc) is 3.00. The van der Waals surface area contributed by atoms with Crippen LogP contribution in [0.3, 0.4) is 0 Å². The van der Waals surface area contributed by atoms with Gasteiger partial charge in [0.1, 0.15) is 11.5 Å². The third-order valence-corrected chi connectivity index (χ3v) is 4.82. The highest BCUT2D eigenvalue weighted by Gasteiger charge is 2.09. The highest BCUT2D eigenvalue weighted by Crippen LogP contribution is 2.28. The summed E-state index contributed by atoms with van der Waals surface area (Å²) in [5.74, 6) is 1.37. The van der Waals surface area contributed by atoms with Crippen LogP contribution < -0.4 is 10.5 Å². The second-order valence-corrected chi connectivity index (χ2v) is 7.78. The van der Waals surface area contributed by atoms with Crippen LogP contribution in [-0.4, -0.2) is 8.42 Å². The molecule has 130 valence electrons. The Morgan fingerprint density at radius 1 is 0.960 bits per heavy atom. The number of hydrogen-bond acceptors (Lipinski definition) is 4. The van der Waals surface area contributed by atoms with Gasteiger partial charge < -0.3 is 9.73 Å². The van der Waals surface area contributed by atoms with Crippen LogP contribution in [0.25, 0.3) is 11.3 Å². The number of primary sulfonamides is 1. The van der Waals surface area contributed by atoms with Gasteiger partial charge in [-0.1, -0.05) is 23.2 Å². The van der Waals surface area contributed by atoms with Crippen molar-refractivity contribution in [2.75, 3.05) is 5.32 Å². The standard InChI is InChI=1S/C17H14Cl2N2O3S/c18-12-7-11(8-13(19)9-12)17-6-3-15(24-17)10-21-14-1-4-16(5-2-14)25(20,22)23/h1-9,21H,10H2,(H2,20,22,23). The smallest absolute Gasteiger partial charge is 0.238 e. The highest BCUT2D eigenvalue weighted by atomic mass is 35.5. The van der Waals surface area contributed by atoms with Crippen molar-refractivity contribution in [2.24, 2.45) is 5.14 Å². The van der Waals surface area contributed by atoms with E-state index in [1.165, 1.54) is 12.1 Å². The number of benzene rings is 2. The zero-order chi connectivity index (χ0) is 18.0. The maximum atomic E-state index is 11.2. The third kappa shape index (κ3) is 4.55. The first-order valence-corrected chi connectivity index (χ1v) is 9.53. The van der Waals surface area contributed by atoms with Crippen molar-refractivity contribution in [3.8, 4) is 11.3 Å². The Morgan fingerprint density at radius 2 is 1.60 bits per heavy atom. The van der Waals surface area contributed by atoms with Gasteiger partial charge >= 0.3 is 0 Å². The van der Waals surface area contributed by atoms with Gasteiger partial charge in [0, 0.05) is 21.3 Å². The molecular weight excluding hydrogens is 383 g/mol. The lowest BCUT2D eigenvalue weighted by molar-refractivity contribution is 0.531. The van der Waals surface area contributed by atoms with Crippen molar-refractivity contribution in [1.82, 2.24) is 0 Å². The van der Waals surface area contributed by atoms with Gasteiger partial charge in [-0.15, -0.1) is 0 Å². The van der Waals surface area contributed by atoms with Gasteiger partial charge in [-0.3, -0.25) is 0 Å². The van der Waals surface area contributed by atoms with E-state index in [1.54, 1.807) is 30.3 Å². The normalized spacial score (nSPS) is 11.5. The van der Waals surface area contributed by atoms with Gasteiger partial charge in [0.15, 0.2) is 0 Å². The number of halogens is 2. The molecule has 1 heterocycles. The quantitative estimate of drug-likeness (QED) is 0.663. The Hall–Kier alpha value is -1.99. The summed E-state index contributed by atoms with van der Waals surface area (Å²) in [4.78, 5) is 0.0659. The van der Waals surface area contributed by atoms with E-state index in [0.717, 1.165) is 11.3 Å². The number of nitrogens with two attached hydrogens (primary N) is 1. The van der Waals surface area contributed by atoms with Crippen molar-refractivity contribution in [1.29, 1.82) is 0 Å². The van der Waals surface area contributed by atoms with Gasteiger partial charge in [-0.25, -0.2) is 13.6 Å². The molecule has 3 aromatic rings. The first-order valence-electron chi connectivity index (χ1n) is 7.23. The molecule has 0 spiro atoms. The van der Waals surface area contributed by atoms with E-state index in [2.05, 4.69) is 5.32 Å². The number of nitrogens with one attached hydrogen (secondary N) is 1. The average molecular weight is 397 g/mol. The van der Waals surface area contributed by atoms with Gasteiger partial charge in [0.25, 0.3) is 0 Å². The van der Waals surface area contributed by atoms with Crippen LogP contribution in [0.4, 0.5) is 5.69 Å². The number of anilines is 1. The first-order chi connectivity index (χ1) is 11.8. The largest absolute Gasteiger partial charge is 0.459 e. The summed E-state index contributed by atoms with van der Waals surface area (Å²) in [6, 6.07) is 15.0. The van der Waals surface area contributed by atoms with Gasteiger partial charge in [0.05, 0.1) is 11.4 Å². The van der Waals surface area contributed by atoms with Gasteiger partial charge in [-0.05, 0) is 54.6 Å². The van der Waals surface area contributed by atoms with Gasteiger partial charge in [-0.2, -0.15) is 0 Å². The minimum atomic E-state index is -3.69. The molecule has 0 unspecified atom stereocenters. The lowest BCUT2D eigenvalue weighted by Gasteiger charge is -2.05. The molecule has 0 saturated carbocycles. The Kier molecular flexibility index (Phi) is 5.06. The third-order valence-electron chi connectivity index (χ3n) is 3.46. The van der Waals surface area contributed by atoms with Crippen LogP contribution in [0, 0.1) is 0 Å². The van der Waals surface area contributed by atoms with Crippen LogP contribution in [0.5, 0.6) is 0 Å². The van der Waals surface area contributed by atoms with Crippen molar-refractivity contribution in [3.05, 3.63) is 70.4 Å². The van der Waals surface area contributed by atoms with E-state index in [0.29, 0.717) is 28.1 Å². The van der Waals surface area contributed by atoms with Crippen LogP contribution in [0.1, 0.15) is 5.76 Å². The highest BCUT2D eigenvalue weighted by molar-refractivity contribution is 7.89. The predicted molar refractivity (Wildman–Crippen MR) is 99.3 cm³/mol. The summed E-state index contributed by atoms with van der Waals surface area (Å²) in [7, 11) is -3.69. The molecule has 0 aliphatic heterocycles. The molecule has 0 fully saturated rings. The van der Waals surface area contributed by atoms with E-state index in [9.17, 15) is 8.42 Å². The summed E-state index contributed by atoms with van der Waals surface area (Å²) in [5.41, 5.74) is 1.54. The van der Waals surface area contributed by atoms with Gasteiger partial charge in [0.2, 0.25) is 10.0 Å². The minimum Gasteiger partial charge on any atom is -0.459 e. The SMILES string of the molecule is NS(=O)(=O)c1ccc(NCc2ccc(-c3cc(Cl)cc(Cl)c3)o2)cc1. The monoisotopic (exact) mass is 396 g/mol. The molecule has 5 nitrogen and oxygen atoms in total. The molecule has 25 heavy (non-hydrogen) atoms. The molecule has 0 atom stereocenters. The molecular formula is C17H14Cl2N2O3S. The summed E-state index contributed by atoms with van der Waals surface area (Å²) in [6.45, 7) is 0.434. The Labute approximate surface area is 155 Å². The van der Waals surface area contributed by atoms with Crippen LogP contribution in [-0.2, 0) is 16.6 Å². The van der Waals surface area contributed by atoms with E-state index >= 15 is 0 Å².